The number of para-hydroxylation sites is 1. The van der Waals surface area contributed by atoms with Crippen molar-refractivity contribution in [3.63, 3.8) is 0 Å². The van der Waals surface area contributed by atoms with Crippen molar-refractivity contribution in [1.82, 2.24) is 19.7 Å². The predicted molar refractivity (Wildman–Crippen MR) is 101 cm³/mol. The molecule has 0 N–H and O–H groups in total. The second-order valence-electron chi connectivity index (χ2n) is 5.99. The van der Waals surface area contributed by atoms with Gasteiger partial charge in [-0.05, 0) is 31.9 Å². The molecule has 1 aliphatic carbocycles. The number of methoxy groups -OCH3 is 1. The van der Waals surface area contributed by atoms with Crippen LogP contribution in [-0.2, 0) is 12.3 Å². The summed E-state index contributed by atoms with van der Waals surface area (Å²) < 4.78 is 7.69. The van der Waals surface area contributed by atoms with Gasteiger partial charge in [-0.2, -0.15) is 0 Å². The Morgan fingerprint density at radius 1 is 1.28 bits per heavy atom. The fourth-order valence-corrected chi connectivity index (χ4v) is 4.66. The number of hydrogen-bond acceptors (Lipinski definition) is 6. The number of aromatic nitrogens is 4. The van der Waals surface area contributed by atoms with Crippen LogP contribution in [0, 0.1) is 0 Å². The molecule has 0 radical (unpaired) electrons. The highest BCUT2D eigenvalue weighted by Crippen LogP contribution is 2.40. The Labute approximate surface area is 155 Å². The van der Waals surface area contributed by atoms with E-state index in [4.69, 9.17) is 9.72 Å². The van der Waals surface area contributed by atoms with Gasteiger partial charge in [0.1, 0.15) is 16.6 Å². The van der Waals surface area contributed by atoms with Crippen molar-refractivity contribution < 1.29 is 4.74 Å². The number of thioether (sulfide) groups is 1. The first kappa shape index (κ1) is 16.6. The van der Waals surface area contributed by atoms with Crippen LogP contribution in [0.2, 0.25) is 0 Å². The molecule has 1 saturated carbocycles. The summed E-state index contributed by atoms with van der Waals surface area (Å²) in [6.45, 7) is 3.08. The topological polar surface area (TPSA) is 52.8 Å². The zero-order chi connectivity index (χ0) is 17.2. The van der Waals surface area contributed by atoms with E-state index in [1.165, 1.54) is 12.8 Å². The summed E-state index contributed by atoms with van der Waals surface area (Å²) in [4.78, 5) is 4.77. The first-order valence-electron chi connectivity index (χ1n) is 8.43. The third kappa shape index (κ3) is 3.43. The highest BCUT2D eigenvalue weighted by Gasteiger charge is 2.30. The highest BCUT2D eigenvalue weighted by atomic mass is 32.2. The summed E-state index contributed by atoms with van der Waals surface area (Å²) in [7, 11) is 1.69. The molecule has 4 rings (SSSR count). The molecule has 0 aliphatic heterocycles. The van der Waals surface area contributed by atoms with Crippen LogP contribution in [0.1, 0.15) is 37.2 Å². The molecule has 0 amide bonds. The minimum atomic E-state index is 0.623. The molecule has 1 aromatic carbocycles. The van der Waals surface area contributed by atoms with E-state index in [1.807, 2.05) is 24.3 Å². The smallest absolute Gasteiger partial charge is 0.191 e. The van der Waals surface area contributed by atoms with E-state index >= 15 is 0 Å². The maximum absolute atomic E-state index is 5.44. The number of thiazole rings is 1. The minimum Gasteiger partial charge on any atom is -0.496 e. The molecule has 0 bridgehead atoms. The highest BCUT2D eigenvalue weighted by molar-refractivity contribution is 7.98. The predicted octanol–water partition coefficient (Wildman–Crippen LogP) is 4.60. The summed E-state index contributed by atoms with van der Waals surface area (Å²) >= 11 is 3.36. The Morgan fingerprint density at radius 2 is 2.12 bits per heavy atom. The standard InChI is InChI=1S/C18H20N4OS2/c1-3-22-16(12-8-9-12)20-21-18(22)25-11-13-10-24-17(19-13)14-6-4-5-7-15(14)23-2/h4-7,10,12H,3,8-9,11H2,1-2H3. The van der Waals surface area contributed by atoms with Crippen LogP contribution in [0.25, 0.3) is 10.6 Å². The monoisotopic (exact) mass is 372 g/mol. The van der Waals surface area contributed by atoms with Gasteiger partial charge in [0.15, 0.2) is 5.16 Å². The Balaban J connectivity index is 1.49. The number of rotatable bonds is 7. The molecular weight excluding hydrogens is 352 g/mol. The van der Waals surface area contributed by atoms with Crippen molar-refractivity contribution in [1.29, 1.82) is 0 Å². The van der Waals surface area contributed by atoms with E-state index in [0.29, 0.717) is 5.92 Å². The van der Waals surface area contributed by atoms with Gasteiger partial charge in [-0.3, -0.25) is 0 Å². The average Bonchev–Trinajstić information content (AvgIpc) is 3.24. The van der Waals surface area contributed by atoms with Crippen LogP contribution < -0.4 is 4.74 Å². The maximum atomic E-state index is 5.44. The lowest BCUT2D eigenvalue weighted by atomic mass is 10.2. The lowest BCUT2D eigenvalue weighted by molar-refractivity contribution is 0.416. The van der Waals surface area contributed by atoms with Gasteiger partial charge in [0.2, 0.25) is 0 Å². The molecule has 130 valence electrons. The van der Waals surface area contributed by atoms with Gasteiger partial charge in [-0.15, -0.1) is 21.5 Å². The van der Waals surface area contributed by atoms with Crippen molar-refractivity contribution in [2.75, 3.05) is 7.11 Å². The third-order valence-electron chi connectivity index (χ3n) is 4.24. The molecule has 25 heavy (non-hydrogen) atoms. The van der Waals surface area contributed by atoms with E-state index < -0.39 is 0 Å². The quantitative estimate of drug-likeness (QED) is 0.567. The van der Waals surface area contributed by atoms with Crippen molar-refractivity contribution in [2.24, 2.45) is 0 Å². The summed E-state index contributed by atoms with van der Waals surface area (Å²) in [6, 6.07) is 8.00. The minimum absolute atomic E-state index is 0.623. The molecule has 0 saturated heterocycles. The zero-order valence-corrected chi connectivity index (χ0v) is 15.9. The van der Waals surface area contributed by atoms with Crippen LogP contribution in [0.15, 0.2) is 34.8 Å². The van der Waals surface area contributed by atoms with Crippen LogP contribution >= 0.6 is 23.1 Å². The van der Waals surface area contributed by atoms with Crippen molar-refractivity contribution in [3.05, 3.63) is 41.2 Å². The SMILES string of the molecule is CCn1c(SCc2csc(-c3ccccc3OC)n2)nnc1C1CC1. The Morgan fingerprint density at radius 3 is 2.88 bits per heavy atom. The molecule has 0 atom stereocenters. The number of hydrogen-bond donors (Lipinski definition) is 0. The Hall–Kier alpha value is -1.86. The zero-order valence-electron chi connectivity index (χ0n) is 14.3. The molecule has 2 aromatic heterocycles. The van der Waals surface area contributed by atoms with Gasteiger partial charge in [-0.1, -0.05) is 23.9 Å². The fraction of sp³-hybridized carbons (Fsp3) is 0.389. The number of nitrogens with zero attached hydrogens (tertiary/aromatic N) is 4. The molecule has 5 nitrogen and oxygen atoms in total. The Kier molecular flexibility index (Phi) is 4.76. The number of ether oxygens (including phenoxy) is 1. The molecular formula is C18H20N4OS2. The van der Waals surface area contributed by atoms with Crippen molar-refractivity contribution >= 4 is 23.1 Å². The second kappa shape index (κ2) is 7.17. The normalized spacial score (nSPS) is 14.0. The van der Waals surface area contributed by atoms with Gasteiger partial charge in [0.05, 0.1) is 18.4 Å². The molecule has 1 aliphatic rings. The van der Waals surface area contributed by atoms with Gasteiger partial charge >= 0.3 is 0 Å². The summed E-state index contributed by atoms with van der Waals surface area (Å²) in [5, 5.41) is 12.9. The number of benzene rings is 1. The van der Waals surface area contributed by atoms with Gasteiger partial charge in [0.25, 0.3) is 0 Å². The second-order valence-corrected chi connectivity index (χ2v) is 7.79. The van der Waals surface area contributed by atoms with Gasteiger partial charge in [-0.25, -0.2) is 4.98 Å². The maximum Gasteiger partial charge on any atom is 0.191 e. The Bertz CT molecular complexity index is 870. The van der Waals surface area contributed by atoms with E-state index in [9.17, 15) is 0 Å². The summed E-state index contributed by atoms with van der Waals surface area (Å²) in [6.07, 6.45) is 2.49. The molecule has 3 aromatic rings. The molecule has 1 fully saturated rings. The molecule has 7 heteroatoms. The fourth-order valence-electron chi connectivity index (χ4n) is 2.80. The van der Waals surface area contributed by atoms with Crippen LogP contribution in [0.4, 0.5) is 0 Å². The van der Waals surface area contributed by atoms with Crippen LogP contribution in [0.3, 0.4) is 0 Å². The summed E-state index contributed by atoms with van der Waals surface area (Å²) in [5.41, 5.74) is 2.11. The molecule has 2 heterocycles. The van der Waals surface area contributed by atoms with E-state index in [0.717, 1.165) is 45.3 Å². The lowest BCUT2D eigenvalue weighted by Gasteiger charge is -2.06. The largest absolute Gasteiger partial charge is 0.496 e. The van der Waals surface area contributed by atoms with Crippen molar-refractivity contribution in [2.45, 2.75) is 43.1 Å². The van der Waals surface area contributed by atoms with Crippen LogP contribution in [0.5, 0.6) is 5.75 Å². The summed E-state index contributed by atoms with van der Waals surface area (Å²) in [5.74, 6) is 3.43. The average molecular weight is 373 g/mol. The molecule has 0 spiro atoms. The van der Waals surface area contributed by atoms with Crippen LogP contribution in [-0.4, -0.2) is 26.9 Å². The van der Waals surface area contributed by atoms with E-state index in [2.05, 4.69) is 27.1 Å². The van der Waals surface area contributed by atoms with E-state index in [1.54, 1.807) is 30.2 Å². The van der Waals surface area contributed by atoms with Crippen molar-refractivity contribution in [3.8, 4) is 16.3 Å². The third-order valence-corrected chi connectivity index (χ3v) is 6.17. The van der Waals surface area contributed by atoms with Gasteiger partial charge in [0, 0.05) is 23.6 Å². The first-order chi connectivity index (χ1) is 12.3. The lowest BCUT2D eigenvalue weighted by Crippen LogP contribution is -2.02. The van der Waals surface area contributed by atoms with Gasteiger partial charge < -0.3 is 9.30 Å². The van der Waals surface area contributed by atoms with E-state index in [-0.39, 0.29) is 0 Å². The molecule has 0 unspecified atom stereocenters. The first-order valence-corrected chi connectivity index (χ1v) is 10.3.